The van der Waals surface area contributed by atoms with Crippen LogP contribution in [-0.2, 0) is 20.0 Å². The van der Waals surface area contributed by atoms with Gasteiger partial charge < -0.3 is 0 Å². The molecule has 0 saturated carbocycles. The normalized spacial score (nSPS) is 8.33. The highest BCUT2D eigenvalue weighted by Crippen LogP contribution is 2.26. The summed E-state index contributed by atoms with van der Waals surface area (Å²) in [5, 5.41) is 0. The molecule has 0 atom stereocenters. The molecule has 0 heterocycles. The second kappa shape index (κ2) is 4.19. The summed E-state index contributed by atoms with van der Waals surface area (Å²) in [5.41, 5.74) is 0. The lowest BCUT2D eigenvalue weighted by molar-refractivity contribution is 0.577. The Bertz CT molecular complexity index is 49.5. The topological polar surface area (TPSA) is 18.5 Å². The number of hydrogen-bond acceptors (Lipinski definition) is 3. The summed E-state index contributed by atoms with van der Waals surface area (Å²) in [7, 11) is -1.46. The van der Waals surface area contributed by atoms with E-state index in [1.165, 1.54) is 0 Å². The maximum Gasteiger partial charge on any atom is 0.559 e. The Morgan fingerprint density at radius 3 is 1.67 bits per heavy atom. The fourth-order valence-corrected chi connectivity index (χ4v) is 0.287. The van der Waals surface area contributed by atoms with Crippen molar-refractivity contribution in [3.8, 4) is 0 Å². The average molecular weight is 166 g/mol. The van der Waals surface area contributed by atoms with Crippen LogP contribution in [0.4, 0.5) is 0 Å². The largest absolute Gasteiger partial charge is 0.559 e. The highest BCUT2D eigenvalue weighted by atomic mass is 35.5. The Hall–Kier alpha value is 1.02. The van der Waals surface area contributed by atoms with Crippen molar-refractivity contribution in [3.63, 3.8) is 0 Å². The highest BCUT2D eigenvalue weighted by Gasteiger charge is 2.09. The maximum atomic E-state index is 4.67. The average Bonchev–Trinajstić information content (AvgIpc) is 1.65. The van der Waals surface area contributed by atoms with E-state index in [9.17, 15) is 0 Å². The molecule has 0 unspecified atom stereocenters. The zero-order valence-corrected chi connectivity index (χ0v) is 5.65. The van der Waals surface area contributed by atoms with Gasteiger partial charge in [-0.05, 0) is 8.15 Å². The van der Waals surface area contributed by atoms with E-state index < -0.39 is 7.15 Å². The molecule has 0 saturated heterocycles. The standard InChI is InChI=1S/Cl2O2PS/c1-3-5(6)4-2/q+1. The van der Waals surface area contributed by atoms with E-state index in [2.05, 4.69) is 43.7 Å². The van der Waals surface area contributed by atoms with Crippen molar-refractivity contribution in [2.24, 2.45) is 0 Å². The van der Waals surface area contributed by atoms with E-state index in [-0.39, 0.29) is 0 Å². The number of halogens is 2. The Labute approximate surface area is 51.3 Å². The van der Waals surface area contributed by atoms with Crippen LogP contribution in [-0.4, -0.2) is 0 Å². The van der Waals surface area contributed by atoms with Crippen LogP contribution in [0.3, 0.4) is 0 Å². The van der Waals surface area contributed by atoms with Crippen molar-refractivity contribution in [3.05, 3.63) is 0 Å². The first-order valence-corrected chi connectivity index (χ1v) is 3.66. The second-order valence-electron chi connectivity index (χ2n) is 0.362. The van der Waals surface area contributed by atoms with Crippen LogP contribution in [0.15, 0.2) is 0 Å². The first-order chi connectivity index (χ1) is 2.81. The van der Waals surface area contributed by atoms with Gasteiger partial charge in [-0.25, -0.2) is 0 Å². The summed E-state index contributed by atoms with van der Waals surface area (Å²) in [6, 6.07) is 0. The molecule has 0 fully saturated rings. The minimum absolute atomic E-state index is 1.46. The molecule has 0 bridgehead atoms. The van der Waals surface area contributed by atoms with Crippen LogP contribution in [0.5, 0.6) is 0 Å². The molecule has 0 radical (unpaired) electrons. The molecular weight excluding hydrogens is 166 g/mol. The fraction of sp³-hybridized carbons (Fsp3) is 0. The smallest absolute Gasteiger partial charge is 0.0225 e. The van der Waals surface area contributed by atoms with Gasteiger partial charge in [-0.15, -0.1) is 0 Å². The first kappa shape index (κ1) is 7.02. The number of rotatable bonds is 2. The van der Waals surface area contributed by atoms with Gasteiger partial charge in [0.25, 0.3) is 0 Å². The minimum atomic E-state index is -1.46. The quantitative estimate of drug-likeness (QED) is 0.585. The van der Waals surface area contributed by atoms with Gasteiger partial charge in [0.15, 0.2) is 0 Å². The Balaban J connectivity index is 2.99. The maximum absolute atomic E-state index is 4.67. The molecule has 36 valence electrons. The lowest BCUT2D eigenvalue weighted by atomic mass is 15.8. The summed E-state index contributed by atoms with van der Waals surface area (Å²) < 4.78 is 7.79. The third-order valence-corrected chi connectivity index (χ3v) is 2.03. The summed E-state index contributed by atoms with van der Waals surface area (Å²) in [5.74, 6) is 0. The van der Waals surface area contributed by atoms with Crippen molar-refractivity contribution in [1.29, 1.82) is 0 Å². The van der Waals surface area contributed by atoms with Crippen LogP contribution in [0, 0.1) is 0 Å². The fourth-order valence-electron chi connectivity index (χ4n) is 0.0106. The molecule has 0 aromatic carbocycles. The van der Waals surface area contributed by atoms with Gasteiger partial charge >= 0.3 is 7.15 Å². The molecular formula is Cl2O2PS+. The predicted octanol–water partition coefficient (Wildman–Crippen LogP) is 2.10. The third kappa shape index (κ3) is 3.22. The van der Waals surface area contributed by atoms with E-state index in [1.807, 2.05) is 0 Å². The van der Waals surface area contributed by atoms with Crippen LogP contribution in [0.1, 0.15) is 0 Å². The summed E-state index contributed by atoms with van der Waals surface area (Å²) in [6.45, 7) is 0. The van der Waals surface area contributed by atoms with Gasteiger partial charge in [-0.3, -0.25) is 0 Å². The lowest BCUT2D eigenvalue weighted by Crippen LogP contribution is -1.51. The molecule has 6 heteroatoms. The van der Waals surface area contributed by atoms with Crippen LogP contribution in [0.25, 0.3) is 0 Å². The third-order valence-electron chi connectivity index (χ3n) is 0.113. The van der Waals surface area contributed by atoms with Crippen molar-refractivity contribution >= 4 is 42.7 Å². The van der Waals surface area contributed by atoms with Gasteiger partial charge in [0, 0.05) is 0 Å². The summed E-state index contributed by atoms with van der Waals surface area (Å²) in [4.78, 5) is 0. The lowest BCUT2D eigenvalue weighted by Gasteiger charge is -1.63. The SMILES string of the molecule is S=[P+](OCl)OCl. The van der Waals surface area contributed by atoms with Crippen molar-refractivity contribution in [2.45, 2.75) is 0 Å². The van der Waals surface area contributed by atoms with E-state index in [0.717, 1.165) is 0 Å². The van der Waals surface area contributed by atoms with Gasteiger partial charge in [0.1, 0.15) is 23.7 Å². The summed E-state index contributed by atoms with van der Waals surface area (Å²) in [6.07, 6.45) is 0. The Kier molecular flexibility index (Phi) is 4.90. The molecule has 0 aromatic rings. The molecule has 2 nitrogen and oxygen atoms in total. The van der Waals surface area contributed by atoms with E-state index in [1.54, 1.807) is 0 Å². The zero-order valence-electron chi connectivity index (χ0n) is 2.43. The van der Waals surface area contributed by atoms with Gasteiger partial charge in [0.05, 0.1) is 0 Å². The molecule has 0 aliphatic rings. The molecule has 0 amide bonds. The zero-order chi connectivity index (χ0) is 4.99. The van der Waals surface area contributed by atoms with E-state index in [0.29, 0.717) is 0 Å². The Morgan fingerprint density at radius 1 is 1.33 bits per heavy atom. The van der Waals surface area contributed by atoms with E-state index >= 15 is 0 Å². The molecule has 0 spiro atoms. The van der Waals surface area contributed by atoms with Crippen molar-refractivity contribution in [2.75, 3.05) is 0 Å². The van der Waals surface area contributed by atoms with Gasteiger partial charge in [-0.2, -0.15) is 0 Å². The molecule has 0 aromatic heterocycles. The van der Waals surface area contributed by atoms with Crippen molar-refractivity contribution < 1.29 is 8.15 Å². The molecule has 0 rings (SSSR count). The molecule has 6 heavy (non-hydrogen) atoms. The molecule has 0 aliphatic heterocycles. The van der Waals surface area contributed by atoms with Crippen molar-refractivity contribution in [1.82, 2.24) is 0 Å². The van der Waals surface area contributed by atoms with Crippen LogP contribution >= 0.6 is 30.9 Å². The van der Waals surface area contributed by atoms with Crippen LogP contribution in [0.2, 0.25) is 0 Å². The first-order valence-electron chi connectivity index (χ1n) is 0.856. The highest BCUT2D eigenvalue weighted by molar-refractivity contribution is 8.01. The number of hydrogen-bond donors (Lipinski definition) is 0. The predicted molar refractivity (Wildman–Crippen MR) is 28.2 cm³/mol. The van der Waals surface area contributed by atoms with Crippen LogP contribution < -0.4 is 0 Å². The monoisotopic (exact) mass is 165 g/mol. The Morgan fingerprint density at radius 2 is 1.67 bits per heavy atom. The minimum Gasteiger partial charge on any atom is -0.0225 e. The molecule has 0 aliphatic carbocycles. The summed E-state index contributed by atoms with van der Waals surface area (Å²) >= 11 is 13.6. The second-order valence-corrected chi connectivity index (χ2v) is 2.81. The van der Waals surface area contributed by atoms with Gasteiger partial charge in [0.2, 0.25) is 11.8 Å². The molecule has 0 N–H and O–H groups in total. The van der Waals surface area contributed by atoms with Gasteiger partial charge in [-0.1, -0.05) is 0 Å². The van der Waals surface area contributed by atoms with E-state index in [4.69, 9.17) is 0 Å².